The lowest BCUT2D eigenvalue weighted by atomic mass is 10.2. The monoisotopic (exact) mass is 269 g/mol. The minimum atomic E-state index is 0.649. The van der Waals surface area contributed by atoms with Crippen molar-refractivity contribution < 1.29 is 9.47 Å². The predicted octanol–water partition coefficient (Wildman–Crippen LogP) is 2.75. The third kappa shape index (κ3) is 2.07. The molecule has 0 aliphatic heterocycles. The highest BCUT2D eigenvalue weighted by atomic mass is 16.5. The van der Waals surface area contributed by atoms with E-state index in [1.54, 1.807) is 19.0 Å². The van der Waals surface area contributed by atoms with Crippen molar-refractivity contribution in [1.29, 1.82) is 0 Å². The number of benzene rings is 2. The number of aryl methyl sites for hydroxylation is 1. The van der Waals surface area contributed by atoms with Gasteiger partial charge in [-0.15, -0.1) is 10.2 Å². The summed E-state index contributed by atoms with van der Waals surface area (Å²) in [7, 11) is 3.21. The number of hydrogen-bond donors (Lipinski definition) is 0. The van der Waals surface area contributed by atoms with Crippen LogP contribution in [0.5, 0.6) is 11.5 Å². The topological polar surface area (TPSA) is 49.2 Å². The highest BCUT2D eigenvalue weighted by molar-refractivity contribution is 5.78. The van der Waals surface area contributed by atoms with Crippen molar-refractivity contribution in [2.45, 2.75) is 6.92 Å². The van der Waals surface area contributed by atoms with Gasteiger partial charge in [-0.1, -0.05) is 17.7 Å². The average Bonchev–Trinajstić information content (AvgIpc) is 2.89. The Morgan fingerprint density at radius 1 is 0.850 bits per heavy atom. The van der Waals surface area contributed by atoms with E-state index in [1.165, 1.54) is 5.56 Å². The number of hydrogen-bond acceptors (Lipinski definition) is 4. The summed E-state index contributed by atoms with van der Waals surface area (Å²) in [5.41, 5.74) is 3.66. The van der Waals surface area contributed by atoms with E-state index < -0.39 is 0 Å². The van der Waals surface area contributed by atoms with Crippen molar-refractivity contribution in [2.24, 2.45) is 0 Å². The molecule has 0 radical (unpaired) electrons. The molecule has 0 bridgehead atoms. The van der Waals surface area contributed by atoms with E-state index in [2.05, 4.69) is 10.2 Å². The van der Waals surface area contributed by atoms with E-state index >= 15 is 0 Å². The van der Waals surface area contributed by atoms with Gasteiger partial charge in [-0.05, 0) is 19.1 Å². The maximum atomic E-state index is 5.27. The molecule has 0 N–H and O–H groups in total. The van der Waals surface area contributed by atoms with Crippen LogP contribution in [0.25, 0.3) is 16.7 Å². The summed E-state index contributed by atoms with van der Waals surface area (Å²) in [6, 6.07) is 11.7. The molecule has 0 saturated carbocycles. The molecule has 0 saturated heterocycles. The number of methoxy groups -OCH3 is 2. The third-order valence-electron chi connectivity index (χ3n) is 3.15. The fourth-order valence-corrected chi connectivity index (χ4v) is 2.04. The number of fused-ring (bicyclic) bond motifs is 1. The van der Waals surface area contributed by atoms with Gasteiger partial charge in [0.2, 0.25) is 0 Å². The van der Waals surface area contributed by atoms with E-state index in [9.17, 15) is 0 Å². The summed E-state index contributed by atoms with van der Waals surface area (Å²) in [5.74, 6) is 1.30. The van der Waals surface area contributed by atoms with Gasteiger partial charge in [-0.2, -0.15) is 4.80 Å². The summed E-state index contributed by atoms with van der Waals surface area (Å²) in [6.07, 6.45) is 0. The second-order valence-corrected chi connectivity index (χ2v) is 4.52. The van der Waals surface area contributed by atoms with E-state index in [0.717, 1.165) is 16.7 Å². The number of rotatable bonds is 3. The molecule has 0 aliphatic carbocycles. The van der Waals surface area contributed by atoms with Gasteiger partial charge >= 0.3 is 0 Å². The molecule has 0 amide bonds. The quantitative estimate of drug-likeness (QED) is 0.733. The first-order valence-electron chi connectivity index (χ1n) is 6.27. The Labute approximate surface area is 116 Å². The van der Waals surface area contributed by atoms with Gasteiger partial charge in [0.15, 0.2) is 11.5 Å². The molecule has 0 unspecified atom stereocenters. The molecule has 1 aromatic heterocycles. The molecule has 5 heteroatoms. The van der Waals surface area contributed by atoms with Crippen LogP contribution < -0.4 is 9.47 Å². The summed E-state index contributed by atoms with van der Waals surface area (Å²) in [4.78, 5) is 1.61. The van der Waals surface area contributed by atoms with E-state index in [0.29, 0.717) is 11.5 Å². The van der Waals surface area contributed by atoms with Crippen LogP contribution in [-0.4, -0.2) is 29.2 Å². The van der Waals surface area contributed by atoms with Crippen molar-refractivity contribution in [3.63, 3.8) is 0 Å². The van der Waals surface area contributed by atoms with Gasteiger partial charge in [0.1, 0.15) is 11.0 Å². The van der Waals surface area contributed by atoms with Gasteiger partial charge in [-0.3, -0.25) is 0 Å². The normalized spacial score (nSPS) is 10.8. The highest BCUT2D eigenvalue weighted by Gasteiger charge is 2.11. The Balaban J connectivity index is 2.12. The predicted molar refractivity (Wildman–Crippen MR) is 76.7 cm³/mol. The van der Waals surface area contributed by atoms with Gasteiger partial charge in [-0.25, -0.2) is 0 Å². The summed E-state index contributed by atoms with van der Waals surface area (Å²) >= 11 is 0. The molecule has 0 atom stereocenters. The van der Waals surface area contributed by atoms with Crippen LogP contribution in [0.4, 0.5) is 0 Å². The Kier molecular flexibility index (Phi) is 3.02. The molecular weight excluding hydrogens is 254 g/mol. The van der Waals surface area contributed by atoms with Crippen LogP contribution in [0.3, 0.4) is 0 Å². The maximum Gasteiger partial charge on any atom is 0.163 e. The molecule has 0 fully saturated rings. The zero-order valence-electron chi connectivity index (χ0n) is 11.6. The second kappa shape index (κ2) is 4.85. The zero-order chi connectivity index (χ0) is 14.1. The molecule has 102 valence electrons. The summed E-state index contributed by atoms with van der Waals surface area (Å²) in [5, 5.41) is 8.93. The minimum Gasteiger partial charge on any atom is -0.493 e. The Hall–Kier alpha value is -2.56. The van der Waals surface area contributed by atoms with Crippen LogP contribution in [0, 0.1) is 6.92 Å². The largest absolute Gasteiger partial charge is 0.493 e. The van der Waals surface area contributed by atoms with Crippen LogP contribution in [0.1, 0.15) is 5.56 Å². The number of aromatic nitrogens is 3. The first-order chi connectivity index (χ1) is 9.71. The van der Waals surface area contributed by atoms with Crippen LogP contribution in [0.15, 0.2) is 36.4 Å². The van der Waals surface area contributed by atoms with Gasteiger partial charge in [0, 0.05) is 12.1 Å². The lowest BCUT2D eigenvalue weighted by Gasteiger charge is -2.05. The average molecular weight is 269 g/mol. The molecule has 2 aromatic carbocycles. The molecule has 3 rings (SSSR count). The van der Waals surface area contributed by atoms with Crippen molar-refractivity contribution in [3.8, 4) is 17.2 Å². The Morgan fingerprint density at radius 3 is 1.80 bits per heavy atom. The van der Waals surface area contributed by atoms with Gasteiger partial charge < -0.3 is 9.47 Å². The number of ether oxygens (including phenoxy) is 2. The molecular formula is C15H15N3O2. The Morgan fingerprint density at radius 2 is 1.35 bits per heavy atom. The van der Waals surface area contributed by atoms with Crippen molar-refractivity contribution in [1.82, 2.24) is 15.0 Å². The fraction of sp³-hybridized carbons (Fsp3) is 0.200. The summed E-state index contributed by atoms with van der Waals surface area (Å²) in [6.45, 7) is 2.05. The van der Waals surface area contributed by atoms with Crippen LogP contribution in [-0.2, 0) is 0 Å². The standard InChI is InChI=1S/C15H15N3O2/c1-10-4-6-11(7-5-10)18-16-12-8-14(19-2)15(20-3)9-13(12)17-18/h4-9H,1-3H3. The zero-order valence-corrected chi connectivity index (χ0v) is 11.6. The van der Waals surface area contributed by atoms with Gasteiger partial charge in [0.25, 0.3) is 0 Å². The van der Waals surface area contributed by atoms with Crippen molar-refractivity contribution >= 4 is 11.0 Å². The highest BCUT2D eigenvalue weighted by Crippen LogP contribution is 2.30. The molecule has 0 spiro atoms. The SMILES string of the molecule is COc1cc2nn(-c3ccc(C)cc3)nc2cc1OC. The van der Waals surface area contributed by atoms with Crippen LogP contribution >= 0.6 is 0 Å². The van der Waals surface area contributed by atoms with E-state index in [4.69, 9.17) is 9.47 Å². The second-order valence-electron chi connectivity index (χ2n) is 4.52. The summed E-state index contributed by atoms with van der Waals surface area (Å²) < 4.78 is 10.5. The van der Waals surface area contributed by atoms with Crippen LogP contribution in [0.2, 0.25) is 0 Å². The van der Waals surface area contributed by atoms with Crippen molar-refractivity contribution in [3.05, 3.63) is 42.0 Å². The lowest BCUT2D eigenvalue weighted by molar-refractivity contribution is 0.356. The lowest BCUT2D eigenvalue weighted by Crippen LogP contribution is -1.97. The number of nitrogens with zero attached hydrogens (tertiary/aromatic N) is 3. The van der Waals surface area contributed by atoms with Gasteiger partial charge in [0.05, 0.1) is 19.9 Å². The van der Waals surface area contributed by atoms with E-state index in [1.807, 2.05) is 43.3 Å². The molecule has 0 aliphatic rings. The van der Waals surface area contributed by atoms with Crippen molar-refractivity contribution in [2.75, 3.05) is 14.2 Å². The molecule has 5 nitrogen and oxygen atoms in total. The minimum absolute atomic E-state index is 0.649. The smallest absolute Gasteiger partial charge is 0.163 e. The maximum absolute atomic E-state index is 5.27. The Bertz CT molecular complexity index is 707. The molecule has 20 heavy (non-hydrogen) atoms. The first-order valence-corrected chi connectivity index (χ1v) is 6.27. The molecule has 1 heterocycles. The third-order valence-corrected chi connectivity index (χ3v) is 3.15. The first kappa shape index (κ1) is 12.5. The molecule has 3 aromatic rings. The van der Waals surface area contributed by atoms with E-state index in [-0.39, 0.29) is 0 Å². The fourth-order valence-electron chi connectivity index (χ4n) is 2.04.